The number of hydrogen-bond donors (Lipinski definition) is 5. The van der Waals surface area contributed by atoms with Crippen LogP contribution in [0.1, 0.15) is 56.3 Å². The van der Waals surface area contributed by atoms with Gasteiger partial charge in [0.2, 0.25) is 23.6 Å². The zero-order valence-electron chi connectivity index (χ0n) is 26.6. The van der Waals surface area contributed by atoms with Crippen molar-refractivity contribution in [2.45, 2.75) is 82.8 Å². The number of hydrogen-bond acceptors (Lipinski definition) is 7. The summed E-state index contributed by atoms with van der Waals surface area (Å²) in [6, 6.07) is 13.2. The van der Waals surface area contributed by atoms with Crippen LogP contribution in [0.2, 0.25) is 0 Å². The summed E-state index contributed by atoms with van der Waals surface area (Å²) in [5.74, 6) is 4.30. The Hall–Kier alpha value is -4.53. The fraction of sp³-hybridized carbons (Fsp3) is 0.441. The second-order valence-corrected chi connectivity index (χ2v) is 11.2. The van der Waals surface area contributed by atoms with E-state index in [-0.39, 0.29) is 37.2 Å². The minimum atomic E-state index is -1.05. The smallest absolute Gasteiger partial charge is 0.247 e. The molecule has 5 N–H and O–H groups in total. The summed E-state index contributed by atoms with van der Waals surface area (Å²) in [4.78, 5) is 66.1. The topological polar surface area (TPSA) is 149 Å². The Bertz CT molecular complexity index is 1400. The van der Waals surface area contributed by atoms with Gasteiger partial charge in [0.25, 0.3) is 0 Å². The fourth-order valence-corrected chi connectivity index (χ4v) is 4.88. The molecule has 1 aliphatic heterocycles. The van der Waals surface area contributed by atoms with Crippen molar-refractivity contribution in [1.82, 2.24) is 31.5 Å². The van der Waals surface area contributed by atoms with Gasteiger partial charge in [-0.05, 0) is 51.6 Å². The first-order valence-corrected chi connectivity index (χ1v) is 15.2. The summed E-state index contributed by atoms with van der Waals surface area (Å²) in [7, 11) is 3.28. The van der Waals surface area contributed by atoms with E-state index >= 15 is 0 Å². The van der Waals surface area contributed by atoms with E-state index < -0.39 is 42.0 Å². The summed E-state index contributed by atoms with van der Waals surface area (Å²) < 4.78 is 0. The molecule has 11 heteroatoms. The predicted molar refractivity (Wildman–Crippen MR) is 171 cm³/mol. The first-order chi connectivity index (χ1) is 21.6. The van der Waals surface area contributed by atoms with Crippen molar-refractivity contribution in [3.05, 3.63) is 71.3 Å². The Morgan fingerprint density at radius 3 is 2.02 bits per heavy atom. The van der Waals surface area contributed by atoms with Crippen molar-refractivity contribution in [2.24, 2.45) is 0 Å². The minimum absolute atomic E-state index is 0.0347. The molecule has 0 aromatic heterocycles. The monoisotopic (exact) mass is 616 g/mol. The molecule has 0 fully saturated rings. The summed E-state index contributed by atoms with van der Waals surface area (Å²) in [6.07, 6.45) is 0.909. The summed E-state index contributed by atoms with van der Waals surface area (Å²) in [5, 5.41) is 14.1. The van der Waals surface area contributed by atoms with E-state index in [0.29, 0.717) is 12.7 Å². The van der Waals surface area contributed by atoms with Gasteiger partial charge >= 0.3 is 0 Å². The molecule has 1 heterocycles. The Kier molecular flexibility index (Phi) is 13.3. The maximum absolute atomic E-state index is 14.2. The number of aldehydes is 1. The average molecular weight is 617 g/mol. The Labute approximate surface area is 265 Å². The average Bonchev–Trinajstić information content (AvgIpc) is 3.07. The molecule has 11 nitrogen and oxygen atoms in total. The van der Waals surface area contributed by atoms with Crippen LogP contribution in [0, 0.1) is 11.8 Å². The molecule has 0 bridgehead atoms. The number of carbonyl (C=O) groups is 5. The number of likely N-dealkylation sites (N-methyl/N-ethyl adjacent to an activating group) is 2. The van der Waals surface area contributed by atoms with Crippen LogP contribution < -0.4 is 26.6 Å². The van der Waals surface area contributed by atoms with Crippen LogP contribution in [0.5, 0.6) is 0 Å². The first kappa shape index (κ1) is 35.0. The van der Waals surface area contributed by atoms with Crippen molar-refractivity contribution in [2.75, 3.05) is 14.1 Å². The molecule has 0 saturated heterocycles. The lowest BCUT2D eigenvalue weighted by Gasteiger charge is -2.38. The van der Waals surface area contributed by atoms with E-state index in [2.05, 4.69) is 38.4 Å². The van der Waals surface area contributed by atoms with Gasteiger partial charge < -0.3 is 36.3 Å². The lowest BCUT2D eigenvalue weighted by Crippen LogP contribution is -2.58. The van der Waals surface area contributed by atoms with E-state index in [1.807, 2.05) is 61.5 Å². The highest BCUT2D eigenvalue weighted by Crippen LogP contribution is 2.25. The number of rotatable bonds is 13. The number of nitrogens with zero attached hydrogens (tertiary/aromatic N) is 1. The molecule has 3 rings (SSSR count). The van der Waals surface area contributed by atoms with Crippen LogP contribution in [0.4, 0.5) is 0 Å². The Morgan fingerprint density at radius 2 is 1.40 bits per heavy atom. The van der Waals surface area contributed by atoms with E-state index in [0.717, 1.165) is 16.7 Å². The maximum Gasteiger partial charge on any atom is 0.247 e. The van der Waals surface area contributed by atoms with Gasteiger partial charge in [0.15, 0.2) is 0 Å². The molecular formula is C34H44N6O5. The SMILES string of the molecule is CN[C@@H](C)C(=O)NC(C=O)CC#CCC(NC(=O)[C@H](C)NC)C(=O)N1Cc2ccccc2CC1C(=O)NC(C)c1ccccc1. The maximum atomic E-state index is 14.2. The van der Waals surface area contributed by atoms with Gasteiger partial charge in [-0.3, -0.25) is 19.2 Å². The third kappa shape index (κ3) is 9.73. The Morgan fingerprint density at radius 1 is 0.822 bits per heavy atom. The van der Waals surface area contributed by atoms with Crippen LogP contribution in [-0.2, 0) is 36.9 Å². The molecule has 4 amide bonds. The van der Waals surface area contributed by atoms with Gasteiger partial charge in [0, 0.05) is 25.8 Å². The van der Waals surface area contributed by atoms with Crippen molar-refractivity contribution in [3.8, 4) is 11.8 Å². The second-order valence-electron chi connectivity index (χ2n) is 11.2. The van der Waals surface area contributed by atoms with Crippen LogP contribution >= 0.6 is 0 Å². The molecule has 0 aliphatic carbocycles. The quantitative estimate of drug-likeness (QED) is 0.167. The van der Waals surface area contributed by atoms with E-state index in [1.165, 1.54) is 4.90 Å². The van der Waals surface area contributed by atoms with Crippen LogP contribution in [0.15, 0.2) is 54.6 Å². The largest absolute Gasteiger partial charge is 0.348 e. The molecule has 4 unspecified atom stereocenters. The molecule has 45 heavy (non-hydrogen) atoms. The molecule has 1 aliphatic rings. The lowest BCUT2D eigenvalue weighted by atomic mass is 9.92. The predicted octanol–water partition coefficient (Wildman–Crippen LogP) is 0.985. The summed E-state index contributed by atoms with van der Waals surface area (Å²) in [6.45, 7) is 5.42. The molecule has 2 aromatic carbocycles. The normalized spacial score (nSPS) is 17.2. The van der Waals surface area contributed by atoms with E-state index in [9.17, 15) is 24.0 Å². The standard InChI is InChI=1S/C34H44N6O5/c1-22(25-13-7-6-8-14-25)37-33(44)30-19-26-15-9-10-16-27(26)20-40(30)34(45)29(39-32(43)24(3)36-5)18-12-11-17-28(21-41)38-31(42)23(2)35-4/h6-10,13-16,21-24,28-30,35-36H,17-20H2,1-5H3,(H,37,44)(H,38,42)(H,39,43)/t22?,23-,24-,28?,29?,30?/m0/s1. The van der Waals surface area contributed by atoms with Crippen LogP contribution in [0.3, 0.4) is 0 Å². The van der Waals surface area contributed by atoms with E-state index in [4.69, 9.17) is 0 Å². The third-order valence-electron chi connectivity index (χ3n) is 8.00. The number of carbonyl (C=O) groups excluding carboxylic acids is 5. The van der Waals surface area contributed by atoms with Crippen molar-refractivity contribution < 1.29 is 24.0 Å². The van der Waals surface area contributed by atoms with Gasteiger partial charge in [-0.15, -0.1) is 11.8 Å². The second kappa shape index (κ2) is 17.1. The molecule has 0 saturated carbocycles. The van der Waals surface area contributed by atoms with Crippen molar-refractivity contribution in [3.63, 3.8) is 0 Å². The molecule has 6 atom stereocenters. The van der Waals surface area contributed by atoms with Crippen molar-refractivity contribution >= 4 is 29.9 Å². The van der Waals surface area contributed by atoms with E-state index in [1.54, 1.807) is 27.9 Å². The highest BCUT2D eigenvalue weighted by atomic mass is 16.2. The first-order valence-electron chi connectivity index (χ1n) is 15.2. The van der Waals surface area contributed by atoms with Gasteiger partial charge in [-0.25, -0.2) is 0 Å². The minimum Gasteiger partial charge on any atom is -0.348 e. The number of fused-ring (bicyclic) bond motifs is 1. The molecule has 0 spiro atoms. The van der Waals surface area contributed by atoms with Crippen molar-refractivity contribution in [1.29, 1.82) is 0 Å². The highest BCUT2D eigenvalue weighted by Gasteiger charge is 2.38. The van der Waals surface area contributed by atoms with Gasteiger partial charge in [0.05, 0.1) is 24.2 Å². The lowest BCUT2D eigenvalue weighted by molar-refractivity contribution is -0.144. The molecule has 240 valence electrons. The number of nitrogens with one attached hydrogen (secondary N) is 5. The molecule has 2 aromatic rings. The molecular weight excluding hydrogens is 572 g/mol. The zero-order chi connectivity index (χ0) is 32.9. The fourth-order valence-electron chi connectivity index (χ4n) is 4.88. The van der Waals surface area contributed by atoms with Crippen LogP contribution in [-0.4, -0.2) is 79.1 Å². The number of benzene rings is 2. The summed E-state index contributed by atoms with van der Waals surface area (Å²) >= 11 is 0. The Balaban J connectivity index is 1.85. The summed E-state index contributed by atoms with van der Waals surface area (Å²) in [5.41, 5.74) is 2.84. The van der Waals surface area contributed by atoms with Gasteiger partial charge in [-0.1, -0.05) is 54.6 Å². The number of amides is 4. The zero-order valence-corrected chi connectivity index (χ0v) is 26.6. The van der Waals surface area contributed by atoms with Crippen LogP contribution in [0.25, 0.3) is 0 Å². The van der Waals surface area contributed by atoms with Gasteiger partial charge in [-0.2, -0.15) is 0 Å². The highest BCUT2D eigenvalue weighted by molar-refractivity contribution is 5.94. The molecule has 0 radical (unpaired) electrons. The third-order valence-corrected chi connectivity index (χ3v) is 8.00. The van der Waals surface area contributed by atoms with Gasteiger partial charge in [0.1, 0.15) is 18.4 Å².